The van der Waals surface area contributed by atoms with Crippen molar-refractivity contribution in [3.63, 3.8) is 0 Å². The van der Waals surface area contributed by atoms with E-state index >= 15 is 0 Å². The molecule has 0 fully saturated rings. The Morgan fingerprint density at radius 3 is 2.33 bits per heavy atom. The lowest BCUT2D eigenvalue weighted by Crippen LogP contribution is -2.42. The van der Waals surface area contributed by atoms with Gasteiger partial charge in [-0.1, -0.05) is 12.1 Å². The predicted octanol–water partition coefficient (Wildman–Crippen LogP) is 1.39. The van der Waals surface area contributed by atoms with E-state index in [1.165, 1.54) is 14.0 Å². The molecule has 5 nitrogen and oxygen atoms in total. The number of methoxy groups -OCH3 is 1. The van der Waals surface area contributed by atoms with Gasteiger partial charge in [-0.25, -0.2) is 4.79 Å². The third-order valence-electron chi connectivity index (χ3n) is 2.28. The summed E-state index contributed by atoms with van der Waals surface area (Å²) in [5, 5.41) is 9.82. The molecule has 18 heavy (non-hydrogen) atoms. The van der Waals surface area contributed by atoms with Crippen molar-refractivity contribution in [2.75, 3.05) is 20.3 Å². The van der Waals surface area contributed by atoms with E-state index in [4.69, 9.17) is 9.47 Å². The van der Waals surface area contributed by atoms with Crippen molar-refractivity contribution in [2.45, 2.75) is 19.4 Å². The normalized spacial score (nSPS) is 13.6. The number of carbonyl (C=O) groups is 1. The van der Waals surface area contributed by atoms with Crippen LogP contribution >= 0.6 is 0 Å². The number of benzene rings is 1. The van der Waals surface area contributed by atoms with Crippen molar-refractivity contribution in [2.24, 2.45) is 0 Å². The molecule has 5 heteroatoms. The van der Waals surface area contributed by atoms with E-state index in [0.717, 1.165) is 0 Å². The summed E-state index contributed by atoms with van der Waals surface area (Å²) in [6, 6.07) is 7.06. The fourth-order valence-electron chi connectivity index (χ4n) is 1.34. The van der Waals surface area contributed by atoms with Crippen molar-refractivity contribution in [3.8, 4) is 11.5 Å². The number of carbonyl (C=O) groups excluding carboxylic acids is 1. The van der Waals surface area contributed by atoms with Gasteiger partial charge in [-0.3, -0.25) is 0 Å². The first-order valence-corrected chi connectivity index (χ1v) is 5.66. The van der Waals surface area contributed by atoms with Crippen molar-refractivity contribution >= 4 is 5.97 Å². The van der Waals surface area contributed by atoms with Crippen LogP contribution in [0.1, 0.15) is 13.8 Å². The van der Waals surface area contributed by atoms with Crippen LogP contribution in [0, 0.1) is 0 Å². The van der Waals surface area contributed by atoms with E-state index in [2.05, 4.69) is 4.74 Å². The fourth-order valence-corrected chi connectivity index (χ4v) is 1.34. The van der Waals surface area contributed by atoms with Gasteiger partial charge in [0.15, 0.2) is 17.1 Å². The molecule has 1 N–H and O–H groups in total. The van der Waals surface area contributed by atoms with Crippen molar-refractivity contribution in [3.05, 3.63) is 24.3 Å². The summed E-state index contributed by atoms with van der Waals surface area (Å²) < 4.78 is 15.2. The molecule has 0 aliphatic carbocycles. The van der Waals surface area contributed by atoms with Crippen LogP contribution in [0.3, 0.4) is 0 Å². The number of hydrogen-bond donors (Lipinski definition) is 1. The highest BCUT2D eigenvalue weighted by atomic mass is 16.6. The van der Waals surface area contributed by atoms with E-state index in [1.54, 1.807) is 18.2 Å². The molecule has 0 bridgehead atoms. The predicted molar refractivity (Wildman–Crippen MR) is 65.7 cm³/mol. The molecule has 0 saturated carbocycles. The average molecular weight is 254 g/mol. The van der Waals surface area contributed by atoms with E-state index in [-0.39, 0.29) is 6.61 Å². The van der Waals surface area contributed by atoms with Gasteiger partial charge < -0.3 is 19.3 Å². The maximum atomic E-state index is 11.3. The highest BCUT2D eigenvalue weighted by molar-refractivity contribution is 5.78. The highest BCUT2D eigenvalue weighted by Gasteiger charge is 2.32. The Labute approximate surface area is 106 Å². The maximum Gasteiger partial charge on any atom is 0.341 e. The molecule has 0 spiro atoms. The second kappa shape index (κ2) is 6.26. The summed E-state index contributed by atoms with van der Waals surface area (Å²) in [6.45, 7) is 3.50. The van der Waals surface area contributed by atoms with Crippen LogP contribution in [0.25, 0.3) is 0 Å². The SMILES string of the molecule is CCOc1ccccc1OCC(C)(O)C(=O)OC. The Bertz CT molecular complexity index is 400. The number of rotatable bonds is 6. The molecule has 0 amide bonds. The fraction of sp³-hybridized carbons (Fsp3) is 0.462. The zero-order valence-electron chi connectivity index (χ0n) is 10.8. The van der Waals surface area contributed by atoms with Crippen LogP contribution in [0.4, 0.5) is 0 Å². The van der Waals surface area contributed by atoms with E-state index in [0.29, 0.717) is 18.1 Å². The molecule has 1 atom stereocenters. The van der Waals surface area contributed by atoms with Crippen LogP contribution in [0.2, 0.25) is 0 Å². The Hall–Kier alpha value is -1.75. The summed E-state index contributed by atoms with van der Waals surface area (Å²) in [7, 11) is 1.21. The molecule has 1 aromatic carbocycles. The van der Waals surface area contributed by atoms with Crippen LogP contribution in [0.15, 0.2) is 24.3 Å². The average Bonchev–Trinajstić information content (AvgIpc) is 2.37. The first-order valence-electron chi connectivity index (χ1n) is 5.66. The number of para-hydroxylation sites is 2. The molecule has 0 radical (unpaired) electrons. The molecule has 100 valence electrons. The minimum absolute atomic E-state index is 0.205. The number of ether oxygens (including phenoxy) is 3. The maximum absolute atomic E-state index is 11.3. The van der Waals surface area contributed by atoms with Gasteiger partial charge in [0.1, 0.15) is 6.61 Å². The molecule has 0 heterocycles. The monoisotopic (exact) mass is 254 g/mol. The summed E-state index contributed by atoms with van der Waals surface area (Å²) >= 11 is 0. The smallest absolute Gasteiger partial charge is 0.341 e. The molecule has 1 aromatic rings. The highest BCUT2D eigenvalue weighted by Crippen LogP contribution is 2.27. The minimum Gasteiger partial charge on any atom is -0.490 e. The number of esters is 1. The minimum atomic E-state index is -1.69. The summed E-state index contributed by atoms with van der Waals surface area (Å²) in [5.74, 6) is 0.306. The summed E-state index contributed by atoms with van der Waals surface area (Å²) in [5.41, 5.74) is -1.69. The van der Waals surface area contributed by atoms with Gasteiger partial charge in [0.25, 0.3) is 0 Å². The van der Waals surface area contributed by atoms with Gasteiger partial charge in [-0.15, -0.1) is 0 Å². The number of hydrogen-bond acceptors (Lipinski definition) is 5. The molecule has 1 rings (SSSR count). The Kier molecular flexibility index (Phi) is 4.97. The molecular formula is C13H18O5. The molecule has 0 aromatic heterocycles. The second-order valence-electron chi connectivity index (χ2n) is 3.93. The van der Waals surface area contributed by atoms with Gasteiger partial charge >= 0.3 is 5.97 Å². The van der Waals surface area contributed by atoms with E-state index in [1.807, 2.05) is 13.0 Å². The van der Waals surface area contributed by atoms with E-state index < -0.39 is 11.6 Å². The van der Waals surface area contributed by atoms with Crippen molar-refractivity contribution in [1.29, 1.82) is 0 Å². The first kappa shape index (κ1) is 14.3. The van der Waals surface area contributed by atoms with Crippen molar-refractivity contribution < 1.29 is 24.1 Å². The van der Waals surface area contributed by atoms with Gasteiger partial charge in [0.2, 0.25) is 0 Å². The van der Waals surface area contributed by atoms with Gasteiger partial charge in [0, 0.05) is 0 Å². The Morgan fingerprint density at radius 1 is 1.28 bits per heavy atom. The lowest BCUT2D eigenvalue weighted by atomic mass is 10.1. The molecule has 1 unspecified atom stereocenters. The molecule has 0 aliphatic heterocycles. The van der Waals surface area contributed by atoms with Crippen LogP contribution < -0.4 is 9.47 Å². The molecular weight excluding hydrogens is 236 g/mol. The van der Waals surface area contributed by atoms with Gasteiger partial charge in [0.05, 0.1) is 13.7 Å². The Balaban J connectivity index is 2.71. The third-order valence-corrected chi connectivity index (χ3v) is 2.28. The zero-order chi connectivity index (χ0) is 13.6. The standard InChI is InChI=1S/C13H18O5/c1-4-17-10-7-5-6-8-11(10)18-9-13(2,15)12(14)16-3/h5-8,15H,4,9H2,1-3H3. The second-order valence-corrected chi connectivity index (χ2v) is 3.93. The lowest BCUT2D eigenvalue weighted by Gasteiger charge is -2.21. The van der Waals surface area contributed by atoms with E-state index in [9.17, 15) is 9.90 Å². The van der Waals surface area contributed by atoms with Crippen LogP contribution in [-0.4, -0.2) is 37.0 Å². The van der Waals surface area contributed by atoms with Crippen LogP contribution in [-0.2, 0) is 9.53 Å². The lowest BCUT2D eigenvalue weighted by molar-refractivity contribution is -0.163. The quantitative estimate of drug-likeness (QED) is 0.777. The Morgan fingerprint density at radius 2 is 1.83 bits per heavy atom. The summed E-state index contributed by atoms with van der Waals surface area (Å²) in [6.07, 6.45) is 0. The topological polar surface area (TPSA) is 65.0 Å². The molecule has 0 saturated heterocycles. The molecule has 0 aliphatic rings. The van der Waals surface area contributed by atoms with Gasteiger partial charge in [-0.2, -0.15) is 0 Å². The van der Waals surface area contributed by atoms with Crippen LogP contribution in [0.5, 0.6) is 11.5 Å². The van der Waals surface area contributed by atoms with Gasteiger partial charge in [-0.05, 0) is 26.0 Å². The third kappa shape index (κ3) is 3.63. The summed E-state index contributed by atoms with van der Waals surface area (Å²) in [4.78, 5) is 11.3. The van der Waals surface area contributed by atoms with Crippen molar-refractivity contribution in [1.82, 2.24) is 0 Å². The largest absolute Gasteiger partial charge is 0.490 e. The zero-order valence-corrected chi connectivity index (χ0v) is 10.8. The first-order chi connectivity index (χ1) is 8.51. The number of aliphatic hydroxyl groups is 1.